The molecule has 1 N–H and O–H groups in total. The van der Waals surface area contributed by atoms with Gasteiger partial charge in [0.05, 0.1) is 0 Å². The number of rotatable bonds is 6. The molecule has 1 heterocycles. The quantitative estimate of drug-likeness (QED) is 0.876. The van der Waals surface area contributed by atoms with Crippen LogP contribution in [0, 0.1) is 5.92 Å². The second-order valence-corrected chi connectivity index (χ2v) is 6.14. The molecule has 0 unspecified atom stereocenters. The molecule has 0 bridgehead atoms. The Morgan fingerprint density at radius 1 is 1.27 bits per heavy atom. The van der Waals surface area contributed by atoms with Crippen molar-refractivity contribution in [2.24, 2.45) is 5.92 Å². The van der Waals surface area contributed by atoms with Gasteiger partial charge in [-0.05, 0) is 49.3 Å². The van der Waals surface area contributed by atoms with Gasteiger partial charge in [0.1, 0.15) is 0 Å². The maximum absolute atomic E-state index is 12.6. The fourth-order valence-corrected chi connectivity index (χ4v) is 3.10. The van der Waals surface area contributed by atoms with Crippen LogP contribution < -0.4 is 0 Å². The summed E-state index contributed by atoms with van der Waals surface area (Å²) in [5.41, 5.74) is 2.00. The molecule has 22 heavy (non-hydrogen) atoms. The predicted octanol–water partition coefficient (Wildman–Crippen LogP) is 3.36. The van der Waals surface area contributed by atoms with E-state index in [1.807, 2.05) is 29.2 Å². The molecule has 1 saturated heterocycles. The first-order chi connectivity index (χ1) is 10.6. The van der Waals surface area contributed by atoms with Gasteiger partial charge >= 0.3 is 5.97 Å². The van der Waals surface area contributed by atoms with E-state index in [1.165, 1.54) is 5.56 Å². The van der Waals surface area contributed by atoms with Crippen molar-refractivity contribution in [2.45, 2.75) is 45.4 Å². The molecule has 1 aliphatic rings. The molecule has 0 radical (unpaired) electrons. The van der Waals surface area contributed by atoms with E-state index in [4.69, 9.17) is 5.11 Å². The molecule has 0 aliphatic carbocycles. The van der Waals surface area contributed by atoms with Crippen LogP contribution in [-0.2, 0) is 11.2 Å². The Hall–Kier alpha value is -1.84. The van der Waals surface area contributed by atoms with Gasteiger partial charge in [-0.2, -0.15) is 0 Å². The maximum atomic E-state index is 12.6. The first-order valence-electron chi connectivity index (χ1n) is 8.20. The molecule has 1 fully saturated rings. The summed E-state index contributed by atoms with van der Waals surface area (Å²) in [6.45, 7) is 3.60. The molecule has 1 amide bonds. The van der Waals surface area contributed by atoms with Crippen LogP contribution in [0.15, 0.2) is 24.3 Å². The molecule has 4 nitrogen and oxygen atoms in total. The van der Waals surface area contributed by atoms with E-state index in [1.54, 1.807) is 0 Å². The Balaban J connectivity index is 1.94. The lowest BCUT2D eigenvalue weighted by atomic mass is 9.93. The highest BCUT2D eigenvalue weighted by Crippen LogP contribution is 2.22. The zero-order chi connectivity index (χ0) is 15.9. The number of aryl methyl sites for hydroxylation is 1. The van der Waals surface area contributed by atoms with Crippen molar-refractivity contribution in [1.29, 1.82) is 0 Å². The van der Waals surface area contributed by atoms with Crippen molar-refractivity contribution in [3.8, 4) is 0 Å². The Kier molecular flexibility index (Phi) is 5.99. The summed E-state index contributed by atoms with van der Waals surface area (Å²) in [6, 6.07) is 7.88. The SMILES string of the molecule is CCCc1ccc(C(=O)N2CCC[C@@H](CCC(=O)O)C2)cc1. The van der Waals surface area contributed by atoms with E-state index in [0.717, 1.165) is 37.8 Å². The van der Waals surface area contributed by atoms with Crippen LogP contribution in [0.2, 0.25) is 0 Å². The monoisotopic (exact) mass is 303 g/mol. The predicted molar refractivity (Wildman–Crippen MR) is 85.9 cm³/mol. The summed E-state index contributed by atoms with van der Waals surface area (Å²) < 4.78 is 0. The molecule has 4 heteroatoms. The number of amides is 1. The number of benzene rings is 1. The van der Waals surface area contributed by atoms with E-state index in [9.17, 15) is 9.59 Å². The molecule has 1 aliphatic heterocycles. The largest absolute Gasteiger partial charge is 0.481 e. The van der Waals surface area contributed by atoms with Crippen LogP contribution in [0.1, 0.15) is 54.9 Å². The Bertz CT molecular complexity index is 510. The average molecular weight is 303 g/mol. The van der Waals surface area contributed by atoms with Crippen molar-refractivity contribution in [1.82, 2.24) is 4.90 Å². The highest BCUT2D eigenvalue weighted by molar-refractivity contribution is 5.94. The van der Waals surface area contributed by atoms with Gasteiger partial charge in [-0.25, -0.2) is 0 Å². The van der Waals surface area contributed by atoms with E-state index in [2.05, 4.69) is 6.92 Å². The number of piperidine rings is 1. The second kappa shape index (κ2) is 7.97. The maximum Gasteiger partial charge on any atom is 0.303 e. The van der Waals surface area contributed by atoms with Gasteiger partial charge in [-0.1, -0.05) is 25.5 Å². The topological polar surface area (TPSA) is 57.6 Å². The Morgan fingerprint density at radius 2 is 2.00 bits per heavy atom. The van der Waals surface area contributed by atoms with E-state index < -0.39 is 5.97 Å². The van der Waals surface area contributed by atoms with Crippen molar-refractivity contribution < 1.29 is 14.7 Å². The van der Waals surface area contributed by atoms with Crippen LogP contribution in [0.3, 0.4) is 0 Å². The zero-order valence-electron chi connectivity index (χ0n) is 13.3. The van der Waals surface area contributed by atoms with Crippen molar-refractivity contribution in [2.75, 3.05) is 13.1 Å². The lowest BCUT2D eigenvalue weighted by molar-refractivity contribution is -0.137. The number of aliphatic carboxylic acids is 1. The molecule has 1 aromatic rings. The van der Waals surface area contributed by atoms with Crippen LogP contribution in [0.25, 0.3) is 0 Å². The van der Waals surface area contributed by atoms with Gasteiger partial charge in [0.15, 0.2) is 0 Å². The first kappa shape index (κ1) is 16.5. The summed E-state index contributed by atoms with van der Waals surface area (Å²) in [5.74, 6) is -0.369. The summed E-state index contributed by atoms with van der Waals surface area (Å²) in [6.07, 6.45) is 4.98. The third kappa shape index (κ3) is 4.58. The van der Waals surface area contributed by atoms with Crippen LogP contribution >= 0.6 is 0 Å². The summed E-state index contributed by atoms with van der Waals surface area (Å²) in [5, 5.41) is 8.79. The van der Waals surface area contributed by atoms with Gasteiger partial charge in [-0.3, -0.25) is 9.59 Å². The molecule has 0 spiro atoms. The van der Waals surface area contributed by atoms with Crippen molar-refractivity contribution in [3.63, 3.8) is 0 Å². The lowest BCUT2D eigenvalue weighted by Gasteiger charge is -2.32. The molecular weight excluding hydrogens is 278 g/mol. The molecule has 0 aromatic heterocycles. The minimum absolute atomic E-state index is 0.0723. The Morgan fingerprint density at radius 3 is 2.64 bits per heavy atom. The highest BCUT2D eigenvalue weighted by atomic mass is 16.4. The molecule has 1 aromatic carbocycles. The normalized spacial score (nSPS) is 18.2. The number of nitrogens with zero attached hydrogens (tertiary/aromatic N) is 1. The number of likely N-dealkylation sites (tertiary alicyclic amines) is 1. The molecule has 2 rings (SSSR count). The van der Waals surface area contributed by atoms with Crippen LogP contribution in [0.5, 0.6) is 0 Å². The third-order valence-electron chi connectivity index (χ3n) is 4.31. The highest BCUT2D eigenvalue weighted by Gasteiger charge is 2.24. The summed E-state index contributed by atoms with van der Waals surface area (Å²) in [7, 11) is 0. The minimum Gasteiger partial charge on any atom is -0.481 e. The molecular formula is C18H25NO3. The fraction of sp³-hybridized carbons (Fsp3) is 0.556. The third-order valence-corrected chi connectivity index (χ3v) is 4.31. The van der Waals surface area contributed by atoms with Crippen LogP contribution in [0.4, 0.5) is 0 Å². The van der Waals surface area contributed by atoms with Crippen molar-refractivity contribution >= 4 is 11.9 Å². The summed E-state index contributed by atoms with van der Waals surface area (Å²) >= 11 is 0. The standard InChI is InChI=1S/C18H25NO3/c1-2-4-14-6-9-16(10-7-14)18(22)19-12-3-5-15(13-19)8-11-17(20)21/h6-7,9-10,15H,2-5,8,11-13H2,1H3,(H,20,21)/t15-/m0/s1. The van der Waals surface area contributed by atoms with Crippen LogP contribution in [-0.4, -0.2) is 35.0 Å². The average Bonchev–Trinajstić information content (AvgIpc) is 2.53. The second-order valence-electron chi connectivity index (χ2n) is 6.14. The van der Waals surface area contributed by atoms with E-state index >= 15 is 0 Å². The lowest BCUT2D eigenvalue weighted by Crippen LogP contribution is -2.40. The first-order valence-corrected chi connectivity index (χ1v) is 8.20. The van der Waals surface area contributed by atoms with Gasteiger partial charge in [0, 0.05) is 25.1 Å². The summed E-state index contributed by atoms with van der Waals surface area (Å²) in [4.78, 5) is 25.1. The van der Waals surface area contributed by atoms with Crippen molar-refractivity contribution in [3.05, 3.63) is 35.4 Å². The van der Waals surface area contributed by atoms with Gasteiger partial charge in [0.25, 0.3) is 5.91 Å². The number of carboxylic acid groups (broad SMARTS) is 1. The fourth-order valence-electron chi connectivity index (χ4n) is 3.10. The molecule has 120 valence electrons. The molecule has 1 atom stereocenters. The van der Waals surface area contributed by atoms with E-state index in [0.29, 0.717) is 18.9 Å². The number of hydrogen-bond donors (Lipinski definition) is 1. The minimum atomic E-state index is -0.755. The van der Waals surface area contributed by atoms with E-state index in [-0.39, 0.29) is 12.3 Å². The Labute approximate surface area is 132 Å². The van der Waals surface area contributed by atoms with Gasteiger partial charge < -0.3 is 10.0 Å². The number of hydrogen-bond acceptors (Lipinski definition) is 2. The van der Waals surface area contributed by atoms with Gasteiger partial charge in [0.2, 0.25) is 0 Å². The zero-order valence-corrected chi connectivity index (χ0v) is 13.3. The number of carbonyl (C=O) groups excluding carboxylic acids is 1. The smallest absolute Gasteiger partial charge is 0.303 e. The van der Waals surface area contributed by atoms with Gasteiger partial charge in [-0.15, -0.1) is 0 Å². The number of carbonyl (C=O) groups is 2. The molecule has 0 saturated carbocycles. The number of carboxylic acids is 1.